The van der Waals surface area contributed by atoms with E-state index in [1.165, 1.54) is 36.7 Å². The fraction of sp³-hybridized carbons (Fsp3) is 0.133. The Kier molecular flexibility index (Phi) is 12.1. The second-order valence-electron chi connectivity index (χ2n) is 10.2. The molecular formula is C30H21F9N6O7S. The molecule has 0 bridgehead atoms. The van der Waals surface area contributed by atoms with Crippen LogP contribution in [0.25, 0.3) is 27.6 Å². The van der Waals surface area contributed by atoms with E-state index < -0.39 is 46.0 Å². The first kappa shape index (κ1) is 41.2. The minimum absolute atomic E-state index is 0.0116. The van der Waals surface area contributed by atoms with Crippen LogP contribution in [-0.2, 0) is 30.4 Å². The number of carboxylic acids is 2. The molecule has 0 fully saturated rings. The van der Waals surface area contributed by atoms with Crippen LogP contribution in [0.1, 0.15) is 5.69 Å². The van der Waals surface area contributed by atoms with Gasteiger partial charge in [-0.3, -0.25) is 9.69 Å². The summed E-state index contributed by atoms with van der Waals surface area (Å²) in [5.74, 6) is -5.57. The standard InChI is InChI=1S/C26H19F3N6O3S.2C2HF3O2/c1-39(37,38)21-5-3-2-4-19(21)17-7-9-23(32-14-17)34(15-36)24-13-22(26(27,28)29)33-35(24)18-8-6-16-10-11-31-25(30)20(16)12-18;2*3-2(4,5)1(6)7/h2-15H,1H3,(H2,30,31);2*(H,6,7). The molecule has 0 saturated carbocycles. The molecule has 5 rings (SSSR count). The fourth-order valence-electron chi connectivity index (χ4n) is 4.12. The second-order valence-corrected chi connectivity index (χ2v) is 12.1. The normalized spacial score (nSPS) is 11.8. The summed E-state index contributed by atoms with van der Waals surface area (Å²) in [6, 6.07) is 16.4. The molecule has 53 heavy (non-hydrogen) atoms. The number of alkyl halides is 9. The molecule has 0 saturated heterocycles. The molecule has 3 heterocycles. The van der Waals surface area contributed by atoms with Crippen LogP contribution < -0.4 is 10.6 Å². The van der Waals surface area contributed by atoms with Gasteiger partial charge in [-0.15, -0.1) is 0 Å². The third-order valence-electron chi connectivity index (χ3n) is 6.44. The van der Waals surface area contributed by atoms with Gasteiger partial charge in [-0.25, -0.2) is 32.7 Å². The number of aromatic nitrogens is 4. The van der Waals surface area contributed by atoms with Gasteiger partial charge in [0.05, 0.1) is 10.6 Å². The van der Waals surface area contributed by atoms with Crippen LogP contribution in [0.4, 0.5) is 57.0 Å². The molecule has 1 amide bonds. The highest BCUT2D eigenvalue weighted by Gasteiger charge is 2.39. The van der Waals surface area contributed by atoms with E-state index in [9.17, 15) is 52.7 Å². The topological polar surface area (TPSA) is 199 Å². The van der Waals surface area contributed by atoms with Crippen LogP contribution in [0.5, 0.6) is 0 Å². The molecular weight excluding hydrogens is 759 g/mol. The summed E-state index contributed by atoms with van der Waals surface area (Å²) in [4.78, 5) is 39.3. The molecule has 0 spiro atoms. The van der Waals surface area contributed by atoms with E-state index in [0.29, 0.717) is 22.9 Å². The number of carbonyl (C=O) groups is 3. The van der Waals surface area contributed by atoms with Crippen molar-refractivity contribution in [3.05, 3.63) is 84.8 Å². The third kappa shape index (κ3) is 10.4. The fourth-order valence-corrected chi connectivity index (χ4v) is 5.03. The van der Waals surface area contributed by atoms with E-state index in [1.54, 1.807) is 36.4 Å². The number of aliphatic carboxylic acids is 2. The van der Waals surface area contributed by atoms with Crippen molar-refractivity contribution >= 4 is 56.4 Å². The molecule has 5 aromatic rings. The SMILES string of the molecule is CS(=O)(=O)c1ccccc1-c1ccc(N(C=O)c2cc(C(F)(F)F)nn2-c2ccc3ccnc(N)c3c2)nc1.O=C(O)C(F)(F)F.O=C(O)C(F)(F)F. The minimum atomic E-state index is -5.08. The molecule has 3 aromatic heterocycles. The van der Waals surface area contributed by atoms with Crippen molar-refractivity contribution in [3.8, 4) is 16.8 Å². The predicted molar refractivity (Wildman–Crippen MR) is 167 cm³/mol. The van der Waals surface area contributed by atoms with Gasteiger partial charge < -0.3 is 15.9 Å². The number of nitrogen functional groups attached to an aromatic ring is 1. The van der Waals surface area contributed by atoms with Crippen LogP contribution in [-0.4, -0.2) is 75.3 Å². The number of rotatable bonds is 6. The van der Waals surface area contributed by atoms with Gasteiger partial charge in [-0.2, -0.15) is 44.6 Å². The highest BCUT2D eigenvalue weighted by Crippen LogP contribution is 2.36. The van der Waals surface area contributed by atoms with E-state index in [4.69, 9.17) is 25.5 Å². The number of benzene rings is 2. The predicted octanol–water partition coefficient (Wildman–Crippen LogP) is 6.05. The first-order valence-electron chi connectivity index (χ1n) is 13.8. The first-order chi connectivity index (χ1) is 24.4. The van der Waals surface area contributed by atoms with Crippen LogP contribution in [0.3, 0.4) is 0 Å². The smallest absolute Gasteiger partial charge is 0.475 e. The maximum atomic E-state index is 13.7. The van der Waals surface area contributed by atoms with E-state index in [0.717, 1.165) is 27.3 Å². The third-order valence-corrected chi connectivity index (χ3v) is 7.59. The Bertz CT molecular complexity index is 2220. The zero-order chi connectivity index (χ0) is 40.1. The van der Waals surface area contributed by atoms with Crippen molar-refractivity contribution in [2.45, 2.75) is 23.4 Å². The summed E-state index contributed by atoms with van der Waals surface area (Å²) < 4.78 is 130. The van der Waals surface area contributed by atoms with Crippen molar-refractivity contribution in [2.24, 2.45) is 0 Å². The lowest BCUT2D eigenvalue weighted by molar-refractivity contribution is -0.193. The number of nitrogens with zero attached hydrogens (tertiary/aromatic N) is 5. The van der Waals surface area contributed by atoms with Crippen LogP contribution >= 0.6 is 0 Å². The molecule has 23 heteroatoms. The van der Waals surface area contributed by atoms with Gasteiger partial charge in [0.1, 0.15) is 17.5 Å². The highest BCUT2D eigenvalue weighted by molar-refractivity contribution is 7.90. The Hall–Kier alpha value is -6.26. The number of fused-ring (bicyclic) bond motifs is 1. The number of halogens is 9. The quantitative estimate of drug-likeness (QED) is 0.134. The van der Waals surface area contributed by atoms with E-state index >= 15 is 0 Å². The van der Waals surface area contributed by atoms with Crippen molar-refractivity contribution in [2.75, 3.05) is 16.9 Å². The summed E-state index contributed by atoms with van der Waals surface area (Å²) in [6.07, 6.45) is -10.7. The second kappa shape index (κ2) is 15.5. The number of nitrogens with two attached hydrogens (primary N) is 1. The van der Waals surface area contributed by atoms with Gasteiger partial charge in [0.25, 0.3) is 0 Å². The number of carbonyl (C=O) groups excluding carboxylic acids is 1. The summed E-state index contributed by atoms with van der Waals surface area (Å²) in [5.41, 5.74) is 5.77. The van der Waals surface area contributed by atoms with E-state index in [2.05, 4.69) is 15.1 Å². The van der Waals surface area contributed by atoms with Crippen LogP contribution in [0.15, 0.2) is 84.0 Å². The van der Waals surface area contributed by atoms with E-state index in [1.807, 2.05) is 0 Å². The lowest BCUT2D eigenvalue weighted by atomic mass is 10.1. The van der Waals surface area contributed by atoms with Gasteiger partial charge >= 0.3 is 30.5 Å². The monoisotopic (exact) mass is 780 g/mol. The number of hydrogen-bond acceptors (Lipinski definition) is 9. The summed E-state index contributed by atoms with van der Waals surface area (Å²) in [6.45, 7) is 0. The molecule has 4 N–H and O–H groups in total. The van der Waals surface area contributed by atoms with Crippen molar-refractivity contribution in [3.63, 3.8) is 0 Å². The molecule has 0 aliphatic rings. The Morgan fingerprint density at radius 3 is 1.92 bits per heavy atom. The molecule has 0 aliphatic heterocycles. The van der Waals surface area contributed by atoms with Crippen molar-refractivity contribution in [1.82, 2.24) is 19.7 Å². The maximum absolute atomic E-state index is 13.7. The Morgan fingerprint density at radius 2 is 1.43 bits per heavy atom. The molecule has 282 valence electrons. The van der Waals surface area contributed by atoms with Gasteiger partial charge in [0.15, 0.2) is 15.5 Å². The molecule has 13 nitrogen and oxygen atoms in total. The maximum Gasteiger partial charge on any atom is 0.490 e. The van der Waals surface area contributed by atoms with Gasteiger partial charge in [0, 0.05) is 41.2 Å². The lowest BCUT2D eigenvalue weighted by Crippen LogP contribution is -2.21. The number of carboxylic acid groups (broad SMARTS) is 2. The Labute approximate surface area is 290 Å². The summed E-state index contributed by atoms with van der Waals surface area (Å²) in [7, 11) is -3.55. The van der Waals surface area contributed by atoms with Gasteiger partial charge in [0.2, 0.25) is 6.41 Å². The largest absolute Gasteiger partial charge is 0.490 e. The summed E-state index contributed by atoms with van der Waals surface area (Å²) >= 11 is 0. The average molecular weight is 781 g/mol. The zero-order valence-corrected chi connectivity index (χ0v) is 27.0. The number of pyridine rings is 2. The van der Waals surface area contributed by atoms with Crippen LogP contribution in [0.2, 0.25) is 0 Å². The number of sulfone groups is 1. The molecule has 0 atom stereocenters. The Morgan fingerprint density at radius 1 is 0.849 bits per heavy atom. The van der Waals surface area contributed by atoms with Gasteiger partial charge in [-0.1, -0.05) is 24.3 Å². The minimum Gasteiger partial charge on any atom is -0.475 e. The van der Waals surface area contributed by atoms with Crippen molar-refractivity contribution in [1.29, 1.82) is 0 Å². The zero-order valence-electron chi connectivity index (χ0n) is 26.1. The molecule has 0 aliphatic carbocycles. The number of hydrogen-bond donors (Lipinski definition) is 3. The Balaban J connectivity index is 0.000000458. The average Bonchev–Trinajstić information content (AvgIpc) is 3.51. The van der Waals surface area contributed by atoms with E-state index in [-0.39, 0.29) is 28.0 Å². The lowest BCUT2D eigenvalue weighted by Gasteiger charge is -2.18. The van der Waals surface area contributed by atoms with Crippen molar-refractivity contribution < 1.29 is 72.5 Å². The summed E-state index contributed by atoms with van der Waals surface area (Å²) in [5, 5.41) is 19.2. The molecule has 2 aromatic carbocycles. The van der Waals surface area contributed by atoms with Crippen LogP contribution in [0, 0.1) is 0 Å². The number of amides is 1. The first-order valence-corrected chi connectivity index (χ1v) is 15.7. The van der Waals surface area contributed by atoms with Gasteiger partial charge in [-0.05, 0) is 41.8 Å². The number of anilines is 3. The highest BCUT2D eigenvalue weighted by atomic mass is 32.2. The molecule has 0 unspecified atom stereocenters. The molecule has 0 radical (unpaired) electrons.